The van der Waals surface area contributed by atoms with Crippen molar-refractivity contribution in [3.8, 4) is 21.6 Å². The Morgan fingerprint density at radius 1 is 0.840 bits per heavy atom. The summed E-state index contributed by atoms with van der Waals surface area (Å²) in [5.41, 5.74) is 2.48. The van der Waals surface area contributed by atoms with Crippen LogP contribution in [0.25, 0.3) is 32.5 Å². The van der Waals surface area contributed by atoms with E-state index >= 15 is 0 Å². The molecule has 0 unspecified atom stereocenters. The van der Waals surface area contributed by atoms with Crippen molar-refractivity contribution >= 4 is 22.2 Å². The van der Waals surface area contributed by atoms with Crippen molar-refractivity contribution in [3.05, 3.63) is 71.7 Å². The summed E-state index contributed by atoms with van der Waals surface area (Å²) >= 11 is 1.60. The molecule has 2 nitrogen and oxygen atoms in total. The fourth-order valence-electron chi connectivity index (χ4n) is 2.78. The molecule has 0 bridgehead atoms. The molecule has 4 rings (SSSR count). The van der Waals surface area contributed by atoms with E-state index in [1.807, 2.05) is 35.7 Å². The summed E-state index contributed by atoms with van der Waals surface area (Å²) in [6.45, 7) is 0. The van der Waals surface area contributed by atoms with Crippen LogP contribution in [-0.2, 0) is 6.18 Å². The third-order valence-electron chi connectivity index (χ3n) is 3.98. The Bertz CT molecular complexity index is 1020. The predicted octanol–water partition coefficient (Wildman–Crippen LogP) is 6.04. The van der Waals surface area contributed by atoms with Crippen molar-refractivity contribution in [2.24, 2.45) is 0 Å². The Morgan fingerprint density at radius 2 is 1.64 bits per heavy atom. The molecule has 0 radical (unpaired) electrons. The Balaban J connectivity index is 1.87. The van der Waals surface area contributed by atoms with Crippen LogP contribution in [0.3, 0.4) is 0 Å². The topological polar surface area (TPSA) is 25.8 Å². The first kappa shape index (κ1) is 15.8. The summed E-state index contributed by atoms with van der Waals surface area (Å²) in [5.74, 6) is 0. The van der Waals surface area contributed by atoms with E-state index < -0.39 is 11.7 Å². The average Bonchev–Trinajstić information content (AvgIpc) is 3.14. The summed E-state index contributed by atoms with van der Waals surface area (Å²) in [6.07, 6.45) is -2.76. The lowest BCUT2D eigenvalue weighted by Crippen LogP contribution is -2.04. The second-order valence-corrected chi connectivity index (χ2v) is 6.46. The number of halogens is 3. The standard InChI is InChI=1S/C19H11F3N2S/c20-19(21,22)13-8-6-12(7-9-13)16-11-23-24-18-14(16)3-1-4-15(18)17-5-2-10-25-17/h1-11H. The number of thiophene rings is 1. The van der Waals surface area contributed by atoms with Gasteiger partial charge in [0.25, 0.3) is 0 Å². The molecule has 25 heavy (non-hydrogen) atoms. The molecule has 0 atom stereocenters. The van der Waals surface area contributed by atoms with Gasteiger partial charge in [-0.2, -0.15) is 18.3 Å². The van der Waals surface area contributed by atoms with Gasteiger partial charge in [-0.25, -0.2) is 0 Å². The first-order valence-corrected chi connectivity index (χ1v) is 8.38. The van der Waals surface area contributed by atoms with E-state index in [1.54, 1.807) is 17.5 Å². The molecule has 124 valence electrons. The molecule has 2 aromatic heterocycles. The molecule has 6 heteroatoms. The molecule has 0 saturated carbocycles. The predicted molar refractivity (Wildman–Crippen MR) is 93.3 cm³/mol. The molecule has 0 spiro atoms. The van der Waals surface area contributed by atoms with Crippen LogP contribution in [0.15, 0.2) is 66.2 Å². The number of alkyl halides is 3. The van der Waals surface area contributed by atoms with Crippen LogP contribution in [0.5, 0.6) is 0 Å². The van der Waals surface area contributed by atoms with Gasteiger partial charge in [-0.1, -0.05) is 36.4 Å². The van der Waals surface area contributed by atoms with Gasteiger partial charge in [0.2, 0.25) is 0 Å². The van der Waals surface area contributed by atoms with Crippen LogP contribution < -0.4 is 0 Å². The van der Waals surface area contributed by atoms with Gasteiger partial charge < -0.3 is 0 Å². The fourth-order valence-corrected chi connectivity index (χ4v) is 3.53. The molecule has 0 saturated heterocycles. The smallest absolute Gasteiger partial charge is 0.166 e. The van der Waals surface area contributed by atoms with Crippen LogP contribution in [-0.4, -0.2) is 10.2 Å². The zero-order chi connectivity index (χ0) is 17.4. The van der Waals surface area contributed by atoms with Gasteiger partial charge in [0, 0.05) is 21.4 Å². The highest BCUT2D eigenvalue weighted by atomic mass is 32.1. The quantitative estimate of drug-likeness (QED) is 0.437. The molecule has 4 aromatic rings. The highest BCUT2D eigenvalue weighted by Gasteiger charge is 2.30. The third-order valence-corrected chi connectivity index (χ3v) is 4.88. The molecule has 0 aliphatic carbocycles. The van der Waals surface area contributed by atoms with Gasteiger partial charge in [0.05, 0.1) is 11.8 Å². The summed E-state index contributed by atoms with van der Waals surface area (Å²) in [7, 11) is 0. The minimum Gasteiger partial charge on any atom is -0.166 e. The summed E-state index contributed by atoms with van der Waals surface area (Å²) in [6, 6.07) is 14.9. The molecule has 2 heterocycles. The van der Waals surface area contributed by atoms with Crippen LogP contribution >= 0.6 is 11.3 Å². The largest absolute Gasteiger partial charge is 0.416 e. The molecular weight excluding hydrogens is 345 g/mol. The van der Waals surface area contributed by atoms with Crippen LogP contribution in [0, 0.1) is 0 Å². The number of hydrogen-bond donors (Lipinski definition) is 0. The zero-order valence-electron chi connectivity index (χ0n) is 12.8. The number of aromatic nitrogens is 2. The maximum absolute atomic E-state index is 12.8. The lowest BCUT2D eigenvalue weighted by molar-refractivity contribution is -0.137. The Morgan fingerprint density at radius 3 is 2.32 bits per heavy atom. The van der Waals surface area contributed by atoms with E-state index in [1.165, 1.54) is 12.1 Å². The highest BCUT2D eigenvalue weighted by molar-refractivity contribution is 7.13. The van der Waals surface area contributed by atoms with Crippen molar-refractivity contribution in [3.63, 3.8) is 0 Å². The number of fused-ring (bicyclic) bond motifs is 1. The Labute approximate surface area is 145 Å². The molecular formula is C19H11F3N2S. The van der Waals surface area contributed by atoms with Crippen molar-refractivity contribution in [1.82, 2.24) is 10.2 Å². The lowest BCUT2D eigenvalue weighted by Gasteiger charge is -2.10. The van der Waals surface area contributed by atoms with E-state index in [9.17, 15) is 13.2 Å². The molecule has 0 N–H and O–H groups in total. The summed E-state index contributed by atoms with van der Waals surface area (Å²) in [4.78, 5) is 1.07. The Hall–Kier alpha value is -2.73. The Kier molecular flexibility index (Phi) is 3.77. The number of hydrogen-bond acceptors (Lipinski definition) is 3. The lowest BCUT2D eigenvalue weighted by atomic mass is 9.99. The van der Waals surface area contributed by atoms with Crippen LogP contribution in [0.2, 0.25) is 0 Å². The van der Waals surface area contributed by atoms with Crippen molar-refractivity contribution in [2.45, 2.75) is 6.18 Å². The first-order chi connectivity index (χ1) is 12.0. The van der Waals surface area contributed by atoms with E-state index in [2.05, 4.69) is 10.2 Å². The minimum atomic E-state index is -4.34. The zero-order valence-corrected chi connectivity index (χ0v) is 13.6. The molecule has 2 aromatic carbocycles. The minimum absolute atomic E-state index is 0.665. The second-order valence-electron chi connectivity index (χ2n) is 5.51. The molecule has 0 amide bonds. The van der Waals surface area contributed by atoms with Gasteiger partial charge in [0.15, 0.2) is 0 Å². The maximum Gasteiger partial charge on any atom is 0.416 e. The normalized spacial score (nSPS) is 11.8. The molecule has 0 aliphatic rings. The number of nitrogens with zero attached hydrogens (tertiary/aromatic N) is 2. The second kappa shape index (κ2) is 5.97. The average molecular weight is 356 g/mol. The van der Waals surface area contributed by atoms with Gasteiger partial charge in [-0.05, 0) is 29.1 Å². The van der Waals surface area contributed by atoms with Crippen molar-refractivity contribution < 1.29 is 13.2 Å². The highest BCUT2D eigenvalue weighted by Crippen LogP contribution is 2.36. The SMILES string of the molecule is FC(F)(F)c1ccc(-c2cnnc3c(-c4cccs4)cccc23)cc1. The van der Waals surface area contributed by atoms with Crippen molar-refractivity contribution in [2.75, 3.05) is 0 Å². The number of benzene rings is 2. The first-order valence-electron chi connectivity index (χ1n) is 7.50. The van der Waals surface area contributed by atoms with E-state index in [-0.39, 0.29) is 0 Å². The van der Waals surface area contributed by atoms with Gasteiger partial charge >= 0.3 is 6.18 Å². The molecule has 0 aliphatic heterocycles. The number of rotatable bonds is 2. The van der Waals surface area contributed by atoms with E-state index in [0.29, 0.717) is 5.56 Å². The van der Waals surface area contributed by atoms with Gasteiger partial charge in [-0.15, -0.1) is 16.4 Å². The van der Waals surface area contributed by atoms with Gasteiger partial charge in [-0.3, -0.25) is 0 Å². The van der Waals surface area contributed by atoms with E-state index in [0.717, 1.165) is 39.0 Å². The summed E-state index contributed by atoms with van der Waals surface area (Å²) in [5, 5.41) is 11.2. The van der Waals surface area contributed by atoms with Crippen LogP contribution in [0.1, 0.15) is 5.56 Å². The third kappa shape index (κ3) is 2.89. The maximum atomic E-state index is 12.8. The van der Waals surface area contributed by atoms with E-state index in [4.69, 9.17) is 0 Å². The summed E-state index contributed by atoms with van der Waals surface area (Å²) < 4.78 is 38.3. The van der Waals surface area contributed by atoms with Gasteiger partial charge in [0.1, 0.15) is 5.52 Å². The van der Waals surface area contributed by atoms with Crippen molar-refractivity contribution in [1.29, 1.82) is 0 Å². The monoisotopic (exact) mass is 356 g/mol. The van der Waals surface area contributed by atoms with Crippen LogP contribution in [0.4, 0.5) is 13.2 Å². The molecule has 0 fully saturated rings. The fraction of sp³-hybridized carbons (Fsp3) is 0.0526.